The summed E-state index contributed by atoms with van der Waals surface area (Å²) in [6.07, 6.45) is 1.86. The average Bonchev–Trinajstić information content (AvgIpc) is 2.44. The number of carbonyl (C=O) groups is 2. The van der Waals surface area contributed by atoms with Crippen molar-refractivity contribution in [3.63, 3.8) is 0 Å². The van der Waals surface area contributed by atoms with Gasteiger partial charge in [0.15, 0.2) is 0 Å². The van der Waals surface area contributed by atoms with Gasteiger partial charge in [-0.1, -0.05) is 18.2 Å². The molecule has 0 spiro atoms. The van der Waals surface area contributed by atoms with Crippen LogP contribution in [0.25, 0.3) is 0 Å². The Bertz CT molecular complexity index is 602. The molecule has 4 nitrogen and oxygen atoms in total. The molecule has 0 atom stereocenters. The second-order valence-corrected chi connectivity index (χ2v) is 5.20. The number of rotatable bonds is 2. The lowest BCUT2D eigenvalue weighted by molar-refractivity contribution is -0.133. The first kappa shape index (κ1) is 14.3. The predicted octanol–water partition coefficient (Wildman–Crippen LogP) is 2.70. The fourth-order valence-corrected chi connectivity index (χ4v) is 2.57. The number of aliphatic carboxylic acids is 1. The molecule has 0 unspecified atom stereocenters. The van der Waals surface area contributed by atoms with Gasteiger partial charge in [-0.3, -0.25) is 4.79 Å². The summed E-state index contributed by atoms with van der Waals surface area (Å²) in [5, 5.41) is 9.02. The van der Waals surface area contributed by atoms with E-state index in [1.165, 1.54) is 6.92 Å². The summed E-state index contributed by atoms with van der Waals surface area (Å²) in [5.41, 5.74) is 3.56. The van der Waals surface area contributed by atoms with E-state index in [9.17, 15) is 9.59 Å². The topological polar surface area (TPSA) is 57.6 Å². The number of anilines is 1. The van der Waals surface area contributed by atoms with E-state index < -0.39 is 5.97 Å². The Labute approximate surface area is 118 Å². The maximum atomic E-state index is 12.6. The highest BCUT2D eigenvalue weighted by Crippen LogP contribution is 2.31. The number of carboxylic acid groups (broad SMARTS) is 1. The summed E-state index contributed by atoms with van der Waals surface area (Å²) in [6.45, 7) is 5.67. The smallest absolute Gasteiger partial charge is 0.331 e. The van der Waals surface area contributed by atoms with Gasteiger partial charge in [0, 0.05) is 17.7 Å². The van der Waals surface area contributed by atoms with E-state index in [0.29, 0.717) is 12.1 Å². The number of carboxylic acids is 1. The SMILES string of the molecule is CC(C(=O)O)=C(C)C(=O)N1CCCc2cccc(C)c21. The third-order valence-electron chi connectivity index (χ3n) is 3.87. The van der Waals surface area contributed by atoms with Gasteiger partial charge in [0.1, 0.15) is 0 Å². The van der Waals surface area contributed by atoms with Crippen molar-refractivity contribution in [2.45, 2.75) is 33.6 Å². The first-order chi connectivity index (χ1) is 9.43. The van der Waals surface area contributed by atoms with Crippen LogP contribution in [-0.2, 0) is 16.0 Å². The van der Waals surface area contributed by atoms with Crippen LogP contribution < -0.4 is 4.90 Å². The summed E-state index contributed by atoms with van der Waals surface area (Å²) in [6, 6.07) is 6.01. The lowest BCUT2D eigenvalue weighted by Gasteiger charge is -2.31. The number of hydrogen-bond acceptors (Lipinski definition) is 2. The number of para-hydroxylation sites is 1. The van der Waals surface area contributed by atoms with E-state index in [1.54, 1.807) is 11.8 Å². The molecule has 2 rings (SSSR count). The monoisotopic (exact) mass is 273 g/mol. The highest BCUT2D eigenvalue weighted by atomic mass is 16.4. The number of aryl methyl sites for hydroxylation is 2. The van der Waals surface area contributed by atoms with Crippen molar-refractivity contribution in [3.8, 4) is 0 Å². The fourth-order valence-electron chi connectivity index (χ4n) is 2.57. The van der Waals surface area contributed by atoms with Gasteiger partial charge < -0.3 is 10.0 Å². The normalized spacial score (nSPS) is 15.4. The number of hydrogen-bond donors (Lipinski definition) is 1. The summed E-state index contributed by atoms with van der Waals surface area (Å²) < 4.78 is 0. The molecule has 0 bridgehead atoms. The van der Waals surface area contributed by atoms with Gasteiger partial charge in [-0.15, -0.1) is 0 Å². The zero-order chi connectivity index (χ0) is 14.9. The minimum atomic E-state index is -1.04. The minimum absolute atomic E-state index is 0.107. The van der Waals surface area contributed by atoms with Gasteiger partial charge in [-0.05, 0) is 44.7 Å². The first-order valence-electron chi connectivity index (χ1n) is 6.74. The van der Waals surface area contributed by atoms with Gasteiger partial charge in [0.05, 0.1) is 5.69 Å². The van der Waals surface area contributed by atoms with Crippen molar-refractivity contribution in [1.29, 1.82) is 0 Å². The molecule has 106 valence electrons. The average molecular weight is 273 g/mol. The number of benzene rings is 1. The lowest BCUT2D eigenvalue weighted by atomic mass is 9.97. The molecule has 0 aliphatic carbocycles. The van der Waals surface area contributed by atoms with Gasteiger partial charge in [-0.25, -0.2) is 4.79 Å². The van der Waals surface area contributed by atoms with Crippen molar-refractivity contribution in [2.24, 2.45) is 0 Å². The zero-order valence-corrected chi connectivity index (χ0v) is 12.1. The van der Waals surface area contributed by atoms with Crippen LogP contribution in [-0.4, -0.2) is 23.5 Å². The molecule has 1 aliphatic rings. The molecule has 20 heavy (non-hydrogen) atoms. The van der Waals surface area contributed by atoms with Crippen LogP contribution in [0.4, 0.5) is 5.69 Å². The molecule has 1 aliphatic heterocycles. The molecule has 1 amide bonds. The molecule has 0 saturated carbocycles. The van der Waals surface area contributed by atoms with E-state index in [-0.39, 0.29) is 11.5 Å². The van der Waals surface area contributed by atoms with E-state index in [1.807, 2.05) is 25.1 Å². The highest BCUT2D eigenvalue weighted by Gasteiger charge is 2.26. The van der Waals surface area contributed by atoms with Crippen molar-refractivity contribution >= 4 is 17.6 Å². The fraction of sp³-hybridized carbons (Fsp3) is 0.375. The molecular weight excluding hydrogens is 254 g/mol. The van der Waals surface area contributed by atoms with Crippen LogP contribution in [0, 0.1) is 6.92 Å². The number of nitrogens with zero attached hydrogens (tertiary/aromatic N) is 1. The Morgan fingerprint density at radius 3 is 2.55 bits per heavy atom. The van der Waals surface area contributed by atoms with Crippen LogP contribution in [0.3, 0.4) is 0 Å². The van der Waals surface area contributed by atoms with Crippen LogP contribution in [0.1, 0.15) is 31.4 Å². The summed E-state index contributed by atoms with van der Waals surface area (Å²) in [7, 11) is 0. The third kappa shape index (κ3) is 2.46. The van der Waals surface area contributed by atoms with Crippen molar-refractivity contribution in [3.05, 3.63) is 40.5 Å². The van der Waals surface area contributed by atoms with Crippen molar-refractivity contribution < 1.29 is 14.7 Å². The molecule has 0 radical (unpaired) electrons. The first-order valence-corrected chi connectivity index (χ1v) is 6.74. The molecule has 1 heterocycles. The van der Waals surface area contributed by atoms with Crippen LogP contribution >= 0.6 is 0 Å². The molecule has 1 N–H and O–H groups in total. The molecule has 0 aromatic heterocycles. The van der Waals surface area contributed by atoms with Gasteiger partial charge in [-0.2, -0.15) is 0 Å². The standard InChI is InChI=1S/C16H19NO3/c1-10-6-4-7-13-8-5-9-17(14(10)13)15(18)11(2)12(3)16(19)20/h4,6-7H,5,8-9H2,1-3H3,(H,19,20). The van der Waals surface area contributed by atoms with Crippen LogP contribution in [0.5, 0.6) is 0 Å². The summed E-state index contributed by atoms with van der Waals surface area (Å²) in [5.74, 6) is -1.25. The minimum Gasteiger partial charge on any atom is -0.478 e. The maximum Gasteiger partial charge on any atom is 0.331 e. The predicted molar refractivity (Wildman–Crippen MR) is 77.9 cm³/mol. The van der Waals surface area contributed by atoms with Gasteiger partial charge in [0.25, 0.3) is 5.91 Å². The number of fused-ring (bicyclic) bond motifs is 1. The summed E-state index contributed by atoms with van der Waals surface area (Å²) in [4.78, 5) is 25.3. The number of carbonyl (C=O) groups excluding carboxylic acids is 1. The van der Waals surface area contributed by atoms with E-state index in [2.05, 4.69) is 0 Å². The Kier molecular flexibility index (Phi) is 3.93. The quantitative estimate of drug-likeness (QED) is 0.843. The van der Waals surface area contributed by atoms with E-state index in [0.717, 1.165) is 29.7 Å². The largest absolute Gasteiger partial charge is 0.478 e. The zero-order valence-electron chi connectivity index (χ0n) is 12.1. The lowest BCUT2D eigenvalue weighted by Crippen LogP contribution is -2.37. The van der Waals surface area contributed by atoms with E-state index in [4.69, 9.17) is 5.11 Å². The molecule has 0 fully saturated rings. The Morgan fingerprint density at radius 2 is 1.90 bits per heavy atom. The van der Waals surface area contributed by atoms with Crippen molar-refractivity contribution in [1.82, 2.24) is 0 Å². The second kappa shape index (κ2) is 5.49. The highest BCUT2D eigenvalue weighted by molar-refractivity contribution is 6.10. The Hall–Kier alpha value is -2.10. The Morgan fingerprint density at radius 1 is 1.20 bits per heavy atom. The second-order valence-electron chi connectivity index (χ2n) is 5.20. The van der Waals surface area contributed by atoms with Gasteiger partial charge >= 0.3 is 5.97 Å². The van der Waals surface area contributed by atoms with E-state index >= 15 is 0 Å². The summed E-state index contributed by atoms with van der Waals surface area (Å²) >= 11 is 0. The molecule has 0 saturated heterocycles. The molecular formula is C16H19NO3. The Balaban J connectivity index is 2.44. The molecule has 4 heteroatoms. The van der Waals surface area contributed by atoms with Gasteiger partial charge in [0.2, 0.25) is 0 Å². The maximum absolute atomic E-state index is 12.6. The van der Waals surface area contributed by atoms with Crippen molar-refractivity contribution in [2.75, 3.05) is 11.4 Å². The van der Waals surface area contributed by atoms with Crippen LogP contribution in [0.2, 0.25) is 0 Å². The molecule has 1 aromatic carbocycles. The molecule has 1 aromatic rings. The van der Waals surface area contributed by atoms with Crippen LogP contribution in [0.15, 0.2) is 29.3 Å². The number of amides is 1. The third-order valence-corrected chi connectivity index (χ3v) is 3.87.